The van der Waals surface area contributed by atoms with Gasteiger partial charge in [-0.1, -0.05) is 63.2 Å². The van der Waals surface area contributed by atoms with E-state index in [0.29, 0.717) is 0 Å². The maximum absolute atomic E-state index is 15.0. The molecular weight excluding hydrogens is 377 g/mol. The lowest BCUT2D eigenvalue weighted by Crippen LogP contribution is -2.43. The number of carbonyl (C=O) groups is 1. The lowest BCUT2D eigenvalue weighted by atomic mass is 9.66. The third kappa shape index (κ3) is 2.66. The van der Waals surface area contributed by atoms with Crippen molar-refractivity contribution in [3.05, 3.63) is 77.2 Å². The summed E-state index contributed by atoms with van der Waals surface area (Å²) in [5, 5.41) is 20.7. The first-order valence-corrected chi connectivity index (χ1v) is 9.92. The van der Waals surface area contributed by atoms with Crippen LogP contribution in [0.3, 0.4) is 0 Å². The number of nitrogens with zero attached hydrogens (tertiary/aromatic N) is 3. The maximum atomic E-state index is 15.0. The zero-order chi connectivity index (χ0) is 21.7. The number of benzene rings is 2. The average Bonchev–Trinajstić information content (AvgIpc) is 3.03. The van der Waals surface area contributed by atoms with Crippen molar-refractivity contribution in [3.63, 3.8) is 0 Å². The smallest absolute Gasteiger partial charge is 0.177 e. The highest BCUT2D eigenvalue weighted by Gasteiger charge is 2.65. The van der Waals surface area contributed by atoms with Gasteiger partial charge in [0.2, 0.25) is 0 Å². The van der Waals surface area contributed by atoms with Gasteiger partial charge >= 0.3 is 0 Å². The molecule has 5 heteroatoms. The standard InChI is InChI=1S/C25H22FN3O/c1-24(2,3)23(30)21-20(18-10-6-7-11-19(18)26)25(14-27,15-28)22-17-9-5-4-8-16(17)12-13-29(21)22/h4-13,20-22H,1-3H3/t20-,21-,22-/m1/s1. The van der Waals surface area contributed by atoms with E-state index < -0.39 is 34.6 Å². The topological polar surface area (TPSA) is 67.9 Å². The lowest BCUT2D eigenvalue weighted by Gasteiger charge is -2.36. The first-order valence-electron chi connectivity index (χ1n) is 9.92. The van der Waals surface area contributed by atoms with Crippen molar-refractivity contribution in [2.24, 2.45) is 10.8 Å². The Morgan fingerprint density at radius 2 is 1.63 bits per heavy atom. The molecule has 3 atom stereocenters. The zero-order valence-corrected chi connectivity index (χ0v) is 17.1. The van der Waals surface area contributed by atoms with Crippen molar-refractivity contribution in [1.82, 2.24) is 4.90 Å². The van der Waals surface area contributed by atoms with Gasteiger partial charge in [0, 0.05) is 17.5 Å². The number of halogens is 1. The fourth-order valence-corrected chi connectivity index (χ4v) is 4.81. The van der Waals surface area contributed by atoms with Crippen LogP contribution in [0.2, 0.25) is 0 Å². The van der Waals surface area contributed by atoms with Gasteiger partial charge in [-0.2, -0.15) is 10.5 Å². The van der Waals surface area contributed by atoms with Crippen LogP contribution in [0.25, 0.3) is 6.08 Å². The van der Waals surface area contributed by atoms with Gasteiger partial charge in [0.1, 0.15) is 5.82 Å². The molecule has 2 aliphatic heterocycles. The van der Waals surface area contributed by atoms with E-state index >= 15 is 0 Å². The fourth-order valence-electron chi connectivity index (χ4n) is 4.81. The molecule has 1 fully saturated rings. The summed E-state index contributed by atoms with van der Waals surface area (Å²) >= 11 is 0. The minimum absolute atomic E-state index is 0.128. The molecule has 0 unspecified atom stereocenters. The zero-order valence-electron chi connectivity index (χ0n) is 17.1. The molecule has 0 amide bonds. The second-order valence-electron chi connectivity index (χ2n) is 8.95. The van der Waals surface area contributed by atoms with Crippen molar-refractivity contribution < 1.29 is 9.18 Å². The molecule has 0 aliphatic carbocycles. The number of fused-ring (bicyclic) bond motifs is 3. The Labute approximate surface area is 175 Å². The Hall–Kier alpha value is -3.44. The average molecular weight is 399 g/mol. The van der Waals surface area contributed by atoms with Gasteiger partial charge in [-0.05, 0) is 28.8 Å². The Morgan fingerprint density at radius 1 is 1.03 bits per heavy atom. The number of hydrogen-bond acceptors (Lipinski definition) is 4. The van der Waals surface area contributed by atoms with Gasteiger partial charge in [-0.25, -0.2) is 4.39 Å². The van der Waals surface area contributed by atoms with Gasteiger partial charge in [-0.3, -0.25) is 4.79 Å². The molecule has 4 rings (SSSR count). The number of hydrogen-bond donors (Lipinski definition) is 0. The van der Waals surface area contributed by atoms with Crippen LogP contribution in [0, 0.1) is 39.3 Å². The van der Waals surface area contributed by atoms with Gasteiger partial charge < -0.3 is 4.90 Å². The Bertz CT molecular complexity index is 1120. The molecule has 2 aliphatic rings. The van der Waals surface area contributed by atoms with Crippen LogP contribution in [-0.4, -0.2) is 16.7 Å². The fraction of sp³-hybridized carbons (Fsp3) is 0.320. The highest BCUT2D eigenvalue weighted by Crippen LogP contribution is 2.60. The molecule has 150 valence electrons. The summed E-state index contributed by atoms with van der Waals surface area (Å²) in [4.78, 5) is 15.4. The number of carbonyl (C=O) groups excluding carboxylic acids is 1. The van der Waals surface area contributed by atoms with Crippen molar-refractivity contribution in [3.8, 4) is 12.1 Å². The van der Waals surface area contributed by atoms with E-state index in [4.69, 9.17) is 0 Å². The molecule has 0 N–H and O–H groups in total. The maximum Gasteiger partial charge on any atom is 0.177 e. The van der Waals surface area contributed by atoms with Crippen LogP contribution < -0.4 is 0 Å². The minimum atomic E-state index is -1.63. The van der Waals surface area contributed by atoms with Crippen LogP contribution in [0.5, 0.6) is 0 Å². The summed E-state index contributed by atoms with van der Waals surface area (Å²) < 4.78 is 15.0. The van der Waals surface area contributed by atoms with Gasteiger partial charge in [0.05, 0.1) is 24.2 Å². The third-order valence-electron chi connectivity index (χ3n) is 6.19. The predicted molar refractivity (Wildman–Crippen MR) is 111 cm³/mol. The van der Waals surface area contributed by atoms with Crippen LogP contribution in [0.4, 0.5) is 4.39 Å². The minimum Gasteiger partial charge on any atom is -0.357 e. The second kappa shape index (κ2) is 6.82. The molecule has 4 nitrogen and oxygen atoms in total. The largest absolute Gasteiger partial charge is 0.357 e. The highest BCUT2D eigenvalue weighted by molar-refractivity contribution is 5.91. The van der Waals surface area contributed by atoms with Crippen LogP contribution in [-0.2, 0) is 4.79 Å². The predicted octanol–water partition coefficient (Wildman–Crippen LogP) is 4.97. The Kier molecular flexibility index (Phi) is 4.51. The second-order valence-corrected chi connectivity index (χ2v) is 8.95. The van der Waals surface area contributed by atoms with E-state index in [1.807, 2.05) is 51.1 Å². The summed E-state index contributed by atoms with van der Waals surface area (Å²) in [5.74, 6) is -1.57. The van der Waals surface area contributed by atoms with E-state index in [0.717, 1.165) is 11.1 Å². The Balaban J connectivity index is 2.05. The summed E-state index contributed by atoms with van der Waals surface area (Å²) in [6.07, 6.45) is 3.67. The molecule has 30 heavy (non-hydrogen) atoms. The van der Waals surface area contributed by atoms with Crippen molar-refractivity contribution in [1.29, 1.82) is 10.5 Å². The summed E-state index contributed by atoms with van der Waals surface area (Å²) in [6, 6.07) is 16.6. The van der Waals surface area contributed by atoms with Crippen LogP contribution in [0.1, 0.15) is 49.4 Å². The Morgan fingerprint density at radius 3 is 2.23 bits per heavy atom. The van der Waals surface area contributed by atoms with Crippen LogP contribution >= 0.6 is 0 Å². The summed E-state index contributed by atoms with van der Waals surface area (Å²) in [7, 11) is 0. The first kappa shape index (κ1) is 19.9. The lowest BCUT2D eigenvalue weighted by molar-refractivity contribution is -0.130. The number of nitriles is 2. The summed E-state index contributed by atoms with van der Waals surface area (Å²) in [6.45, 7) is 5.43. The third-order valence-corrected chi connectivity index (χ3v) is 6.19. The molecule has 2 aromatic rings. The van der Waals surface area contributed by atoms with Gasteiger partial charge in [0.25, 0.3) is 0 Å². The molecule has 0 saturated carbocycles. The molecule has 2 heterocycles. The number of rotatable bonds is 2. The van der Waals surface area contributed by atoms with E-state index in [1.54, 1.807) is 29.3 Å². The molecule has 1 saturated heterocycles. The molecule has 0 bridgehead atoms. The normalized spacial score (nSPS) is 23.8. The van der Waals surface area contributed by atoms with Crippen molar-refractivity contribution in [2.45, 2.75) is 38.8 Å². The van der Waals surface area contributed by atoms with Gasteiger partial charge in [-0.15, -0.1) is 0 Å². The quantitative estimate of drug-likeness (QED) is 0.715. The number of Topliss-reactive ketones (excluding diaryl/α,β-unsaturated/α-hetero) is 1. The highest BCUT2D eigenvalue weighted by atomic mass is 19.1. The van der Waals surface area contributed by atoms with E-state index in [1.165, 1.54) is 6.07 Å². The summed E-state index contributed by atoms with van der Waals surface area (Å²) in [5.41, 5.74) is -0.444. The van der Waals surface area contributed by atoms with Gasteiger partial charge in [0.15, 0.2) is 11.2 Å². The molecule has 0 radical (unpaired) electrons. The molecule has 0 spiro atoms. The van der Waals surface area contributed by atoms with E-state index in [2.05, 4.69) is 12.1 Å². The molecule has 2 aromatic carbocycles. The number of ketones is 1. The SMILES string of the molecule is CC(C)(C)C(=O)[C@H]1[C@@H](c2ccccc2F)C(C#N)(C#N)[C@H]2c3ccccc3C=CN12. The van der Waals surface area contributed by atoms with E-state index in [9.17, 15) is 19.7 Å². The van der Waals surface area contributed by atoms with E-state index in [-0.39, 0.29) is 11.3 Å². The molecule has 0 aromatic heterocycles. The monoisotopic (exact) mass is 399 g/mol. The van der Waals surface area contributed by atoms with Crippen LogP contribution in [0.15, 0.2) is 54.7 Å². The van der Waals surface area contributed by atoms with Crippen molar-refractivity contribution in [2.75, 3.05) is 0 Å². The first-order chi connectivity index (χ1) is 14.3. The molecular formula is C25H22FN3O. The van der Waals surface area contributed by atoms with Crippen molar-refractivity contribution >= 4 is 11.9 Å².